The summed E-state index contributed by atoms with van der Waals surface area (Å²) >= 11 is 0. The zero-order valence-corrected chi connectivity index (χ0v) is 10.8. The highest BCUT2D eigenvalue weighted by atomic mass is 32.2. The topological polar surface area (TPSA) is 120 Å². The number of aliphatic imine (C=N–C) groups is 1. The van der Waals surface area contributed by atoms with Gasteiger partial charge in [-0.25, -0.2) is 8.42 Å². The van der Waals surface area contributed by atoms with Crippen LogP contribution in [-0.2, 0) is 10.0 Å². The molecule has 1 aromatic carbocycles. The number of nitrogens with two attached hydrogens (primary N) is 2. The van der Waals surface area contributed by atoms with E-state index >= 15 is 0 Å². The van der Waals surface area contributed by atoms with E-state index in [2.05, 4.69) is 9.71 Å². The molecule has 0 spiro atoms. The number of ether oxygens (including phenoxy) is 1. The molecule has 18 heavy (non-hydrogen) atoms. The van der Waals surface area contributed by atoms with Gasteiger partial charge in [0.05, 0.1) is 12.8 Å². The summed E-state index contributed by atoms with van der Waals surface area (Å²) in [5, 5.41) is 0. The third-order valence-electron chi connectivity index (χ3n) is 1.81. The average Bonchev–Trinajstić information content (AvgIpc) is 2.24. The fourth-order valence-electron chi connectivity index (χ4n) is 1.17. The number of hydrogen-bond acceptors (Lipinski definition) is 4. The van der Waals surface area contributed by atoms with Gasteiger partial charge in [0.15, 0.2) is 5.96 Å². The van der Waals surface area contributed by atoms with E-state index in [-0.39, 0.29) is 5.96 Å². The quantitative estimate of drug-likeness (QED) is 0.373. The van der Waals surface area contributed by atoms with Crippen LogP contribution in [0.3, 0.4) is 0 Å². The Morgan fingerprint density at radius 3 is 2.44 bits per heavy atom. The van der Waals surface area contributed by atoms with Crippen molar-refractivity contribution in [3.63, 3.8) is 0 Å². The number of hydrogen-bond donors (Lipinski definition) is 3. The van der Waals surface area contributed by atoms with Gasteiger partial charge < -0.3 is 16.2 Å². The van der Waals surface area contributed by atoms with Crippen LogP contribution >= 0.6 is 0 Å². The van der Waals surface area contributed by atoms with E-state index < -0.39 is 10.0 Å². The molecule has 100 valence electrons. The highest BCUT2D eigenvalue weighted by molar-refractivity contribution is 7.92. The van der Waals surface area contributed by atoms with Gasteiger partial charge in [0, 0.05) is 5.69 Å². The summed E-state index contributed by atoms with van der Waals surface area (Å²) < 4.78 is 29.7. The van der Waals surface area contributed by atoms with Crippen molar-refractivity contribution in [2.75, 3.05) is 24.1 Å². The average molecular weight is 272 g/mol. The number of sulfonamides is 1. The van der Waals surface area contributed by atoms with E-state index in [0.29, 0.717) is 24.6 Å². The van der Waals surface area contributed by atoms with Crippen molar-refractivity contribution in [1.82, 2.24) is 0 Å². The van der Waals surface area contributed by atoms with Crippen LogP contribution in [0.15, 0.2) is 29.3 Å². The second-order valence-electron chi connectivity index (χ2n) is 3.55. The first kappa shape index (κ1) is 14.1. The second-order valence-corrected chi connectivity index (χ2v) is 5.30. The first-order valence-electron chi connectivity index (χ1n) is 5.13. The fourth-order valence-corrected chi connectivity index (χ4v) is 1.74. The van der Waals surface area contributed by atoms with Gasteiger partial charge in [-0.05, 0) is 24.3 Å². The normalized spacial score (nSPS) is 10.7. The fraction of sp³-hybridized carbons (Fsp3) is 0.300. The molecule has 1 rings (SSSR count). The summed E-state index contributed by atoms with van der Waals surface area (Å²) in [5.74, 6) is 0.631. The summed E-state index contributed by atoms with van der Waals surface area (Å²) in [6.45, 7) is 0.711. The molecular formula is C10H16N4O3S. The molecule has 0 bridgehead atoms. The first-order chi connectivity index (χ1) is 8.37. The zero-order valence-electron chi connectivity index (χ0n) is 9.96. The Morgan fingerprint density at radius 1 is 1.33 bits per heavy atom. The molecule has 0 saturated heterocycles. The van der Waals surface area contributed by atoms with E-state index in [4.69, 9.17) is 16.2 Å². The molecule has 0 aliphatic rings. The van der Waals surface area contributed by atoms with E-state index in [1.165, 1.54) is 0 Å². The number of anilines is 1. The minimum absolute atomic E-state index is 0.0197. The Balaban J connectivity index is 2.48. The van der Waals surface area contributed by atoms with Crippen LogP contribution in [-0.4, -0.2) is 33.8 Å². The monoisotopic (exact) mass is 272 g/mol. The van der Waals surface area contributed by atoms with Crippen molar-refractivity contribution < 1.29 is 13.2 Å². The third-order valence-corrected chi connectivity index (χ3v) is 2.42. The Morgan fingerprint density at radius 2 is 1.94 bits per heavy atom. The van der Waals surface area contributed by atoms with Crippen molar-refractivity contribution >= 4 is 21.7 Å². The van der Waals surface area contributed by atoms with E-state index in [1.807, 2.05) is 0 Å². The highest BCUT2D eigenvalue weighted by Gasteiger charge is 2.01. The SMILES string of the molecule is CS(=O)(=O)Nc1ccc(OCCN=C(N)N)cc1. The number of nitrogens with one attached hydrogen (secondary N) is 1. The number of benzene rings is 1. The van der Waals surface area contributed by atoms with Gasteiger partial charge in [0.2, 0.25) is 10.0 Å². The lowest BCUT2D eigenvalue weighted by atomic mass is 10.3. The minimum atomic E-state index is -3.26. The predicted octanol–water partition coefficient (Wildman–Crippen LogP) is -0.290. The highest BCUT2D eigenvalue weighted by Crippen LogP contribution is 2.16. The van der Waals surface area contributed by atoms with Gasteiger partial charge in [-0.3, -0.25) is 9.71 Å². The largest absolute Gasteiger partial charge is 0.492 e. The predicted molar refractivity (Wildman–Crippen MR) is 71.1 cm³/mol. The van der Waals surface area contributed by atoms with Crippen molar-refractivity contribution in [2.45, 2.75) is 0 Å². The van der Waals surface area contributed by atoms with Gasteiger partial charge in [-0.15, -0.1) is 0 Å². The van der Waals surface area contributed by atoms with Gasteiger partial charge >= 0.3 is 0 Å². The molecule has 0 aliphatic carbocycles. The van der Waals surface area contributed by atoms with Gasteiger partial charge in [0.25, 0.3) is 0 Å². The lowest BCUT2D eigenvalue weighted by molar-refractivity contribution is 0.329. The van der Waals surface area contributed by atoms with Gasteiger partial charge in [-0.2, -0.15) is 0 Å². The zero-order chi connectivity index (χ0) is 13.6. The lowest BCUT2D eigenvalue weighted by Crippen LogP contribution is -2.23. The summed E-state index contributed by atoms with van der Waals surface area (Å²) in [6, 6.07) is 6.53. The molecule has 0 fully saturated rings. The summed E-state index contributed by atoms with van der Waals surface area (Å²) in [4.78, 5) is 3.76. The third kappa shape index (κ3) is 5.94. The Kier molecular flexibility index (Phi) is 4.78. The molecule has 0 heterocycles. The van der Waals surface area contributed by atoms with Crippen molar-refractivity contribution in [3.05, 3.63) is 24.3 Å². The van der Waals surface area contributed by atoms with Crippen molar-refractivity contribution in [1.29, 1.82) is 0 Å². The number of guanidine groups is 1. The Hall–Kier alpha value is -1.96. The van der Waals surface area contributed by atoms with Crippen molar-refractivity contribution in [3.8, 4) is 5.75 Å². The molecule has 0 saturated carbocycles. The van der Waals surface area contributed by atoms with Crippen LogP contribution in [0.5, 0.6) is 5.75 Å². The molecule has 0 aromatic heterocycles. The van der Waals surface area contributed by atoms with Crippen LogP contribution in [0, 0.1) is 0 Å². The molecule has 0 aliphatic heterocycles. The Bertz CT molecular complexity index is 506. The van der Waals surface area contributed by atoms with Crippen LogP contribution < -0.4 is 20.9 Å². The molecular weight excluding hydrogens is 256 g/mol. The number of nitrogens with zero attached hydrogens (tertiary/aromatic N) is 1. The van der Waals surface area contributed by atoms with Crippen molar-refractivity contribution in [2.24, 2.45) is 16.5 Å². The molecule has 1 aromatic rings. The molecule has 5 N–H and O–H groups in total. The van der Waals surface area contributed by atoms with E-state index in [0.717, 1.165) is 6.26 Å². The van der Waals surface area contributed by atoms with Gasteiger partial charge in [0.1, 0.15) is 12.4 Å². The maximum atomic E-state index is 11.0. The van der Waals surface area contributed by atoms with Crippen LogP contribution in [0.2, 0.25) is 0 Å². The summed E-state index contributed by atoms with van der Waals surface area (Å²) in [6.07, 6.45) is 1.09. The molecule has 7 nitrogen and oxygen atoms in total. The summed E-state index contributed by atoms with van der Waals surface area (Å²) in [5.41, 5.74) is 10.8. The molecule has 0 amide bonds. The lowest BCUT2D eigenvalue weighted by Gasteiger charge is -2.06. The minimum Gasteiger partial charge on any atom is -0.492 e. The van der Waals surface area contributed by atoms with E-state index in [1.54, 1.807) is 24.3 Å². The van der Waals surface area contributed by atoms with Gasteiger partial charge in [-0.1, -0.05) is 0 Å². The molecule has 0 radical (unpaired) electrons. The second kappa shape index (κ2) is 6.10. The van der Waals surface area contributed by atoms with Crippen LogP contribution in [0.25, 0.3) is 0 Å². The maximum Gasteiger partial charge on any atom is 0.229 e. The first-order valence-corrected chi connectivity index (χ1v) is 7.02. The smallest absolute Gasteiger partial charge is 0.229 e. The Labute approximate surface area is 106 Å². The molecule has 0 unspecified atom stereocenters. The molecule has 0 atom stereocenters. The molecule has 8 heteroatoms. The van der Waals surface area contributed by atoms with Crippen LogP contribution in [0.4, 0.5) is 5.69 Å². The maximum absolute atomic E-state index is 11.0. The standard InChI is InChI=1S/C10H16N4O3S/c1-18(15,16)14-8-2-4-9(5-3-8)17-7-6-13-10(11)12/h2-5,14H,6-7H2,1H3,(H4,11,12,13). The number of rotatable bonds is 6. The van der Waals surface area contributed by atoms with Crippen LogP contribution in [0.1, 0.15) is 0 Å². The summed E-state index contributed by atoms with van der Waals surface area (Å²) in [7, 11) is -3.26. The van der Waals surface area contributed by atoms with E-state index in [9.17, 15) is 8.42 Å².